The summed E-state index contributed by atoms with van der Waals surface area (Å²) < 4.78 is 2.41. The second kappa shape index (κ2) is 9.06. The first kappa shape index (κ1) is 20.0. The van der Waals surface area contributed by atoms with E-state index < -0.39 is 0 Å². The van der Waals surface area contributed by atoms with Crippen LogP contribution in [0.25, 0.3) is 11.0 Å². The van der Waals surface area contributed by atoms with Gasteiger partial charge < -0.3 is 9.88 Å². The van der Waals surface area contributed by atoms with Crippen molar-refractivity contribution in [3.8, 4) is 0 Å². The lowest BCUT2D eigenvalue weighted by Crippen LogP contribution is -2.29. The number of pyridine rings is 1. The predicted octanol–water partition coefficient (Wildman–Crippen LogP) is 4.33. The smallest absolute Gasteiger partial charge is 0.124 e. The Morgan fingerprint density at radius 3 is 2.93 bits per heavy atom. The molecule has 0 radical (unpaired) electrons. The zero-order chi connectivity index (χ0) is 20.2. The topological polar surface area (TPSA) is 46.0 Å². The number of aromatic nitrogens is 3. The van der Waals surface area contributed by atoms with E-state index in [9.17, 15) is 0 Å². The quantitative estimate of drug-likeness (QED) is 0.581. The second-order valence-corrected chi connectivity index (χ2v) is 8.50. The molecule has 1 atom stereocenters. The molecular formula is C24H33N5. The maximum absolute atomic E-state index is 5.00. The van der Waals surface area contributed by atoms with E-state index in [1.54, 1.807) is 0 Å². The van der Waals surface area contributed by atoms with E-state index in [0.29, 0.717) is 12.1 Å². The Balaban J connectivity index is 1.55. The number of hydrogen-bond donors (Lipinski definition) is 1. The van der Waals surface area contributed by atoms with Crippen LogP contribution < -0.4 is 5.32 Å². The molecule has 0 aliphatic heterocycles. The van der Waals surface area contributed by atoms with Gasteiger partial charge >= 0.3 is 0 Å². The van der Waals surface area contributed by atoms with E-state index in [4.69, 9.17) is 9.97 Å². The van der Waals surface area contributed by atoms with Crippen molar-refractivity contribution >= 4 is 11.0 Å². The minimum absolute atomic E-state index is 0.371. The summed E-state index contributed by atoms with van der Waals surface area (Å²) in [5.41, 5.74) is 4.99. The lowest BCUT2D eigenvalue weighted by molar-refractivity contribution is 0.201. The average Bonchev–Trinajstić information content (AvgIpc) is 3.07. The lowest BCUT2D eigenvalue weighted by atomic mass is 9.91. The summed E-state index contributed by atoms with van der Waals surface area (Å²) in [7, 11) is 2.22. The van der Waals surface area contributed by atoms with Gasteiger partial charge in [-0.1, -0.05) is 32.0 Å². The zero-order valence-corrected chi connectivity index (χ0v) is 17.9. The van der Waals surface area contributed by atoms with Crippen LogP contribution in [0, 0.1) is 0 Å². The third-order valence-electron chi connectivity index (χ3n) is 5.93. The molecule has 2 heterocycles. The summed E-state index contributed by atoms with van der Waals surface area (Å²) >= 11 is 0. The molecule has 4 rings (SSSR count). The molecule has 1 N–H and O–H groups in total. The van der Waals surface area contributed by atoms with E-state index >= 15 is 0 Å². The van der Waals surface area contributed by atoms with Gasteiger partial charge in [0.05, 0.1) is 29.3 Å². The van der Waals surface area contributed by atoms with Crippen molar-refractivity contribution < 1.29 is 0 Å². The standard InChI is InChI=1S/C24H33N5/c1-18(2)25-15-8-16-29-21-12-5-4-11-20(21)27-23(29)17-28(3)22-13-6-9-19-10-7-14-26-24(19)22/h4-5,7,10-12,14,18,22,25H,6,8-9,13,15-17H2,1-3H3/t22-/m0/s1. The normalized spacial score (nSPS) is 16.7. The van der Waals surface area contributed by atoms with Gasteiger partial charge in [-0.15, -0.1) is 0 Å². The van der Waals surface area contributed by atoms with Crippen LogP contribution in [0.15, 0.2) is 42.6 Å². The monoisotopic (exact) mass is 391 g/mol. The molecule has 1 aromatic carbocycles. The van der Waals surface area contributed by atoms with E-state index in [1.165, 1.54) is 29.6 Å². The highest BCUT2D eigenvalue weighted by molar-refractivity contribution is 5.75. The Bertz CT molecular complexity index is 945. The third-order valence-corrected chi connectivity index (χ3v) is 5.93. The van der Waals surface area contributed by atoms with Crippen molar-refractivity contribution in [1.82, 2.24) is 24.8 Å². The molecular weight excluding hydrogens is 358 g/mol. The van der Waals surface area contributed by atoms with E-state index in [0.717, 1.165) is 43.8 Å². The van der Waals surface area contributed by atoms with Gasteiger partial charge in [0.1, 0.15) is 5.82 Å². The van der Waals surface area contributed by atoms with Gasteiger partial charge in [0, 0.05) is 18.8 Å². The third kappa shape index (κ3) is 4.51. The van der Waals surface area contributed by atoms with Gasteiger partial charge in [0.25, 0.3) is 0 Å². The molecule has 0 fully saturated rings. The summed E-state index contributed by atoms with van der Waals surface area (Å²) in [4.78, 5) is 12.2. The maximum atomic E-state index is 5.00. The highest BCUT2D eigenvalue weighted by atomic mass is 15.2. The van der Waals surface area contributed by atoms with E-state index in [2.05, 4.69) is 72.1 Å². The van der Waals surface area contributed by atoms with Crippen molar-refractivity contribution in [3.63, 3.8) is 0 Å². The molecule has 0 saturated carbocycles. The van der Waals surface area contributed by atoms with Crippen molar-refractivity contribution in [2.75, 3.05) is 13.6 Å². The number of benzene rings is 1. The molecule has 0 bridgehead atoms. The first-order chi connectivity index (χ1) is 14.1. The zero-order valence-electron chi connectivity index (χ0n) is 17.9. The molecule has 1 aliphatic carbocycles. The highest BCUT2D eigenvalue weighted by Crippen LogP contribution is 2.33. The Labute approximate surface area is 174 Å². The number of nitrogens with zero attached hydrogens (tertiary/aromatic N) is 4. The van der Waals surface area contributed by atoms with Crippen LogP contribution in [0.2, 0.25) is 0 Å². The molecule has 154 valence electrons. The molecule has 0 spiro atoms. The van der Waals surface area contributed by atoms with Crippen molar-refractivity contribution in [2.45, 2.75) is 64.7 Å². The lowest BCUT2D eigenvalue weighted by Gasteiger charge is -2.32. The molecule has 0 amide bonds. The molecule has 5 heteroatoms. The Morgan fingerprint density at radius 1 is 1.21 bits per heavy atom. The minimum Gasteiger partial charge on any atom is -0.327 e. The summed E-state index contributed by atoms with van der Waals surface area (Å²) in [6, 6.07) is 13.7. The second-order valence-electron chi connectivity index (χ2n) is 8.50. The molecule has 2 aromatic heterocycles. The van der Waals surface area contributed by atoms with Crippen LogP contribution in [-0.2, 0) is 19.5 Å². The fourth-order valence-electron chi connectivity index (χ4n) is 4.47. The van der Waals surface area contributed by atoms with Crippen LogP contribution in [0.1, 0.15) is 56.2 Å². The Morgan fingerprint density at radius 2 is 2.07 bits per heavy atom. The van der Waals surface area contributed by atoms with Crippen LogP contribution in [-0.4, -0.2) is 39.1 Å². The van der Waals surface area contributed by atoms with Crippen molar-refractivity contribution in [1.29, 1.82) is 0 Å². The molecule has 3 aromatic rings. The van der Waals surface area contributed by atoms with Gasteiger partial charge in [-0.25, -0.2) is 4.98 Å². The fraction of sp³-hybridized carbons (Fsp3) is 0.500. The van der Waals surface area contributed by atoms with E-state index in [1.807, 2.05) is 6.20 Å². The first-order valence-electron chi connectivity index (χ1n) is 10.9. The summed E-state index contributed by atoms with van der Waals surface area (Å²) in [5, 5.41) is 3.53. The van der Waals surface area contributed by atoms with Crippen LogP contribution in [0.4, 0.5) is 0 Å². The number of para-hydroxylation sites is 2. The largest absolute Gasteiger partial charge is 0.327 e. The summed E-state index contributed by atoms with van der Waals surface area (Å²) in [5.74, 6) is 1.15. The summed E-state index contributed by atoms with van der Waals surface area (Å²) in [6.45, 7) is 7.25. The number of aryl methyl sites for hydroxylation is 2. The van der Waals surface area contributed by atoms with Crippen molar-refractivity contribution in [2.24, 2.45) is 0 Å². The fourth-order valence-corrected chi connectivity index (χ4v) is 4.47. The van der Waals surface area contributed by atoms with Crippen LogP contribution in [0.5, 0.6) is 0 Å². The average molecular weight is 392 g/mol. The first-order valence-corrected chi connectivity index (χ1v) is 10.9. The number of fused-ring (bicyclic) bond motifs is 2. The van der Waals surface area contributed by atoms with Gasteiger partial charge in [-0.3, -0.25) is 9.88 Å². The van der Waals surface area contributed by atoms with Gasteiger partial charge in [-0.05, 0) is 63.0 Å². The molecule has 0 unspecified atom stereocenters. The Hall–Kier alpha value is -2.24. The molecule has 0 saturated heterocycles. The van der Waals surface area contributed by atoms with E-state index in [-0.39, 0.29) is 0 Å². The number of rotatable bonds is 8. The van der Waals surface area contributed by atoms with Crippen LogP contribution >= 0.6 is 0 Å². The van der Waals surface area contributed by atoms with Gasteiger partial charge in [0.15, 0.2) is 0 Å². The number of imidazole rings is 1. The maximum Gasteiger partial charge on any atom is 0.124 e. The number of nitrogens with one attached hydrogen (secondary N) is 1. The summed E-state index contributed by atoms with van der Waals surface area (Å²) in [6.07, 6.45) is 6.57. The number of hydrogen-bond acceptors (Lipinski definition) is 4. The Kier molecular flexibility index (Phi) is 6.26. The van der Waals surface area contributed by atoms with Crippen molar-refractivity contribution in [3.05, 3.63) is 59.7 Å². The SMILES string of the molecule is CC(C)NCCCn1c(CN(C)[C@H]2CCCc3cccnc32)nc2ccccc21. The minimum atomic E-state index is 0.371. The predicted molar refractivity (Wildman–Crippen MR) is 119 cm³/mol. The molecule has 29 heavy (non-hydrogen) atoms. The van der Waals surface area contributed by atoms with Gasteiger partial charge in [0.2, 0.25) is 0 Å². The van der Waals surface area contributed by atoms with Crippen LogP contribution in [0.3, 0.4) is 0 Å². The molecule has 5 nitrogen and oxygen atoms in total. The van der Waals surface area contributed by atoms with Gasteiger partial charge in [-0.2, -0.15) is 0 Å². The molecule has 1 aliphatic rings. The highest BCUT2D eigenvalue weighted by Gasteiger charge is 2.26.